The number of nitrogens with zero attached hydrogens (tertiary/aromatic N) is 2. The smallest absolute Gasteiger partial charge is 0.345 e. The molecule has 0 saturated heterocycles. The monoisotopic (exact) mass is 312 g/mol. The molecule has 0 aliphatic rings. The van der Waals surface area contributed by atoms with Gasteiger partial charge in [0.15, 0.2) is 0 Å². The molecule has 1 aromatic rings. The number of esters is 1. The average Bonchev–Trinajstić information content (AvgIpc) is 2.86. The van der Waals surface area contributed by atoms with Gasteiger partial charge in [-0.25, -0.2) is 9.48 Å². The molecule has 0 aliphatic carbocycles. The fourth-order valence-corrected chi connectivity index (χ4v) is 1.51. The molecule has 0 spiro atoms. The van der Waals surface area contributed by atoms with Gasteiger partial charge in [0.25, 0.3) is 0 Å². The zero-order valence-electron chi connectivity index (χ0n) is 13.9. The molecule has 1 heterocycles. The van der Waals surface area contributed by atoms with Crippen LogP contribution in [0.4, 0.5) is 4.39 Å². The Kier molecular flexibility index (Phi) is 6.59. The van der Waals surface area contributed by atoms with Gasteiger partial charge in [-0.1, -0.05) is 33.8 Å². The summed E-state index contributed by atoms with van der Waals surface area (Å²) >= 11 is 0. The average molecular weight is 312 g/mol. The minimum Gasteiger partial charge on any atom is -0.477 e. The maximum Gasteiger partial charge on any atom is 0.345 e. The first kappa shape index (κ1) is 18.2. The van der Waals surface area contributed by atoms with Gasteiger partial charge in [-0.05, 0) is 12.8 Å². The number of hydrogen-bond acceptors (Lipinski definition) is 4. The Morgan fingerprint density at radius 3 is 2.73 bits per heavy atom. The molecule has 0 radical (unpaired) electrons. The summed E-state index contributed by atoms with van der Waals surface area (Å²) in [6.07, 6.45) is 4.70. The van der Waals surface area contributed by atoms with Crippen molar-refractivity contribution >= 4 is 12.2 Å². The van der Waals surface area contributed by atoms with Crippen LogP contribution in [-0.4, -0.2) is 35.6 Å². The fraction of sp³-hybridized carbons (Fsp3) is 0.625. The lowest BCUT2D eigenvalue weighted by Gasteiger charge is -2.15. The third-order valence-corrected chi connectivity index (χ3v) is 2.81. The van der Waals surface area contributed by atoms with Crippen LogP contribution in [0.25, 0.3) is 6.20 Å². The third kappa shape index (κ3) is 5.16. The molecular formula is C16H25FN2O3. The molecule has 124 valence electrons. The second-order valence-electron chi connectivity index (χ2n) is 6.17. The molecule has 0 saturated carbocycles. The van der Waals surface area contributed by atoms with Crippen LogP contribution >= 0.6 is 0 Å². The highest BCUT2D eigenvalue weighted by Gasteiger charge is 2.20. The molecule has 0 amide bonds. The van der Waals surface area contributed by atoms with E-state index in [9.17, 15) is 9.18 Å². The number of aromatic nitrogens is 2. The standard InChI is InChI=1S/C16H25FN2O3/c1-6-21-15(20)13-9-18-19(8-7-16(4,5)11-17)14(13)22-10-12(2)3/h7-9,12H,6,10-11H2,1-5H3/b8-7+. The first-order valence-electron chi connectivity index (χ1n) is 7.43. The molecule has 0 fully saturated rings. The van der Waals surface area contributed by atoms with E-state index in [0.717, 1.165) is 0 Å². The van der Waals surface area contributed by atoms with Crippen molar-refractivity contribution in [1.82, 2.24) is 9.78 Å². The first-order chi connectivity index (χ1) is 10.3. The highest BCUT2D eigenvalue weighted by molar-refractivity contribution is 5.91. The molecule has 0 bridgehead atoms. The number of alkyl halides is 1. The number of hydrogen-bond donors (Lipinski definition) is 0. The molecule has 1 rings (SSSR count). The Labute approximate surface area is 131 Å². The molecule has 0 N–H and O–H groups in total. The zero-order chi connectivity index (χ0) is 16.8. The van der Waals surface area contributed by atoms with Crippen LogP contribution < -0.4 is 4.74 Å². The number of allylic oxidation sites excluding steroid dienone is 1. The number of carbonyl (C=O) groups excluding carboxylic acids is 1. The maximum atomic E-state index is 12.9. The van der Waals surface area contributed by atoms with E-state index in [0.29, 0.717) is 18.4 Å². The summed E-state index contributed by atoms with van der Waals surface area (Å²) in [5, 5.41) is 4.12. The Hall–Kier alpha value is -1.85. The first-order valence-corrected chi connectivity index (χ1v) is 7.43. The zero-order valence-corrected chi connectivity index (χ0v) is 13.9. The van der Waals surface area contributed by atoms with Gasteiger partial charge in [0.2, 0.25) is 5.88 Å². The Bertz CT molecular complexity index is 521. The van der Waals surface area contributed by atoms with E-state index >= 15 is 0 Å². The van der Waals surface area contributed by atoms with Crippen molar-refractivity contribution in [2.24, 2.45) is 11.3 Å². The molecule has 22 heavy (non-hydrogen) atoms. The van der Waals surface area contributed by atoms with Crippen LogP contribution in [0.1, 0.15) is 45.0 Å². The van der Waals surface area contributed by atoms with Gasteiger partial charge in [-0.3, -0.25) is 4.39 Å². The van der Waals surface area contributed by atoms with Gasteiger partial charge in [0, 0.05) is 11.6 Å². The summed E-state index contributed by atoms with van der Waals surface area (Å²) in [6, 6.07) is 0. The van der Waals surface area contributed by atoms with Crippen LogP contribution in [0.15, 0.2) is 12.3 Å². The highest BCUT2D eigenvalue weighted by atomic mass is 19.1. The van der Waals surface area contributed by atoms with Crippen LogP contribution in [0.3, 0.4) is 0 Å². The normalized spacial score (nSPS) is 12.1. The molecular weight excluding hydrogens is 287 g/mol. The summed E-state index contributed by atoms with van der Waals surface area (Å²) < 4.78 is 25.0. The van der Waals surface area contributed by atoms with Crippen molar-refractivity contribution in [2.75, 3.05) is 19.9 Å². The largest absolute Gasteiger partial charge is 0.477 e. The van der Waals surface area contributed by atoms with Crippen molar-refractivity contribution in [3.8, 4) is 5.88 Å². The number of carbonyl (C=O) groups is 1. The summed E-state index contributed by atoms with van der Waals surface area (Å²) in [4.78, 5) is 11.9. The minimum absolute atomic E-state index is 0.269. The summed E-state index contributed by atoms with van der Waals surface area (Å²) in [5.74, 6) is 0.133. The molecule has 0 aliphatic heterocycles. The molecule has 0 aromatic carbocycles. The second-order valence-corrected chi connectivity index (χ2v) is 6.17. The second kappa shape index (κ2) is 7.96. The van der Waals surface area contributed by atoms with E-state index in [2.05, 4.69) is 5.10 Å². The minimum atomic E-state index is -0.606. The van der Waals surface area contributed by atoms with Gasteiger partial charge in [0.1, 0.15) is 5.56 Å². The predicted molar refractivity (Wildman–Crippen MR) is 83.6 cm³/mol. The highest BCUT2D eigenvalue weighted by Crippen LogP contribution is 2.23. The fourth-order valence-electron chi connectivity index (χ4n) is 1.51. The van der Waals surface area contributed by atoms with E-state index in [1.807, 2.05) is 13.8 Å². The van der Waals surface area contributed by atoms with E-state index in [-0.39, 0.29) is 12.2 Å². The summed E-state index contributed by atoms with van der Waals surface area (Å²) in [7, 11) is 0. The molecule has 0 atom stereocenters. The lowest BCUT2D eigenvalue weighted by molar-refractivity contribution is 0.0520. The van der Waals surface area contributed by atoms with Gasteiger partial charge in [0.05, 0.1) is 26.1 Å². The van der Waals surface area contributed by atoms with Gasteiger partial charge in [-0.15, -0.1) is 0 Å². The van der Waals surface area contributed by atoms with Crippen LogP contribution in [0.5, 0.6) is 5.88 Å². The van der Waals surface area contributed by atoms with Crippen LogP contribution in [-0.2, 0) is 4.74 Å². The molecule has 1 aromatic heterocycles. The van der Waals surface area contributed by atoms with Crippen molar-refractivity contribution in [3.05, 3.63) is 17.8 Å². The van der Waals surface area contributed by atoms with E-state index < -0.39 is 18.1 Å². The molecule has 6 heteroatoms. The predicted octanol–water partition coefficient (Wildman–Crippen LogP) is 3.56. The van der Waals surface area contributed by atoms with Gasteiger partial charge in [-0.2, -0.15) is 5.10 Å². The Morgan fingerprint density at radius 2 is 2.18 bits per heavy atom. The van der Waals surface area contributed by atoms with E-state index in [1.165, 1.54) is 10.9 Å². The van der Waals surface area contributed by atoms with Crippen molar-refractivity contribution in [2.45, 2.75) is 34.6 Å². The van der Waals surface area contributed by atoms with Crippen molar-refractivity contribution in [3.63, 3.8) is 0 Å². The SMILES string of the molecule is CCOC(=O)c1cnn(/C=C/C(C)(C)CF)c1OCC(C)C. The Morgan fingerprint density at radius 1 is 1.50 bits per heavy atom. The summed E-state index contributed by atoms with van der Waals surface area (Å²) in [6.45, 7) is 9.52. The van der Waals surface area contributed by atoms with Gasteiger partial charge < -0.3 is 9.47 Å². The third-order valence-electron chi connectivity index (χ3n) is 2.81. The van der Waals surface area contributed by atoms with Crippen LogP contribution in [0.2, 0.25) is 0 Å². The quantitative estimate of drug-likeness (QED) is 0.689. The molecule has 5 nitrogen and oxygen atoms in total. The van der Waals surface area contributed by atoms with Crippen molar-refractivity contribution < 1.29 is 18.7 Å². The lowest BCUT2D eigenvalue weighted by atomic mass is 9.96. The maximum absolute atomic E-state index is 12.9. The van der Waals surface area contributed by atoms with Gasteiger partial charge >= 0.3 is 5.97 Å². The Balaban J connectivity index is 3.08. The van der Waals surface area contributed by atoms with Crippen LogP contribution in [0, 0.1) is 11.3 Å². The topological polar surface area (TPSA) is 53.3 Å². The van der Waals surface area contributed by atoms with E-state index in [4.69, 9.17) is 9.47 Å². The van der Waals surface area contributed by atoms with Crippen molar-refractivity contribution in [1.29, 1.82) is 0 Å². The summed E-state index contributed by atoms with van der Waals surface area (Å²) in [5.41, 5.74) is -0.337. The molecule has 0 unspecified atom stereocenters. The number of halogens is 1. The number of ether oxygens (including phenoxy) is 2. The lowest BCUT2D eigenvalue weighted by Crippen LogP contribution is -2.13. The van der Waals surface area contributed by atoms with E-state index in [1.54, 1.807) is 33.0 Å². The number of rotatable bonds is 8.